The highest BCUT2D eigenvalue weighted by Gasteiger charge is 2.18. The first-order valence-corrected chi connectivity index (χ1v) is 9.36. The third-order valence-corrected chi connectivity index (χ3v) is 6.09. The van der Waals surface area contributed by atoms with E-state index in [0.29, 0.717) is 11.3 Å². The third-order valence-electron chi connectivity index (χ3n) is 3.53. The van der Waals surface area contributed by atoms with Crippen LogP contribution in [0.1, 0.15) is 23.4 Å². The van der Waals surface area contributed by atoms with Crippen LogP contribution >= 0.6 is 11.3 Å². The van der Waals surface area contributed by atoms with Crippen LogP contribution in [0.5, 0.6) is 0 Å². The normalized spacial score (nSPS) is 13.9. The molecule has 0 bridgehead atoms. The highest BCUT2D eigenvalue weighted by atomic mass is 32.2. The summed E-state index contributed by atoms with van der Waals surface area (Å²) in [6.45, 7) is 1.78. The Balaban J connectivity index is 1.73. The largest absolute Gasteiger partial charge is 0.275 e. The molecule has 0 aliphatic rings. The van der Waals surface area contributed by atoms with Crippen molar-refractivity contribution < 1.29 is 8.60 Å². The van der Waals surface area contributed by atoms with Crippen LogP contribution in [0.4, 0.5) is 4.39 Å². The Labute approximate surface area is 140 Å². The second-order valence-corrected chi connectivity index (χ2v) is 7.85. The molecule has 0 spiro atoms. The van der Waals surface area contributed by atoms with Gasteiger partial charge in [-0.2, -0.15) is 5.10 Å². The van der Waals surface area contributed by atoms with Crippen LogP contribution in [0.25, 0.3) is 10.6 Å². The van der Waals surface area contributed by atoms with Crippen LogP contribution in [0, 0.1) is 5.82 Å². The number of thiazole rings is 1. The number of hydrogen-bond acceptors (Lipinski definition) is 4. The molecule has 0 amide bonds. The van der Waals surface area contributed by atoms with E-state index in [4.69, 9.17) is 0 Å². The molecule has 3 rings (SSSR count). The monoisotopic (exact) mass is 349 g/mol. The Kier molecular flexibility index (Phi) is 4.68. The molecule has 7 heteroatoms. The predicted octanol–water partition coefficient (Wildman–Crippen LogP) is 3.69. The maximum Gasteiger partial charge on any atom is 0.127 e. The minimum atomic E-state index is -1.23. The molecule has 2 aromatic heterocycles. The minimum Gasteiger partial charge on any atom is -0.275 e. The minimum absolute atomic E-state index is 0.312. The molecular weight excluding hydrogens is 333 g/mol. The lowest BCUT2D eigenvalue weighted by molar-refractivity contribution is 0.606. The molecule has 0 fully saturated rings. The molecule has 1 aromatic carbocycles. The fourth-order valence-electron chi connectivity index (χ4n) is 2.25. The van der Waals surface area contributed by atoms with Crippen LogP contribution in [-0.4, -0.2) is 19.0 Å². The second kappa shape index (κ2) is 6.72. The van der Waals surface area contributed by atoms with Gasteiger partial charge in [-0.25, -0.2) is 9.37 Å². The third kappa shape index (κ3) is 3.56. The molecular formula is C16H16FN3OS2. The number of hydrogen-bond donors (Lipinski definition) is 0. The first-order chi connectivity index (χ1) is 11.0. The van der Waals surface area contributed by atoms with Gasteiger partial charge in [0.05, 0.1) is 22.9 Å². The Bertz CT molecular complexity index is 843. The van der Waals surface area contributed by atoms with Crippen molar-refractivity contribution >= 4 is 22.1 Å². The highest BCUT2D eigenvalue weighted by Crippen LogP contribution is 2.27. The Morgan fingerprint density at radius 2 is 2.17 bits per heavy atom. The zero-order valence-corrected chi connectivity index (χ0v) is 14.4. The van der Waals surface area contributed by atoms with E-state index in [0.717, 1.165) is 16.3 Å². The molecule has 2 atom stereocenters. The smallest absolute Gasteiger partial charge is 0.127 e. The lowest BCUT2D eigenvalue weighted by Crippen LogP contribution is -2.07. The topological polar surface area (TPSA) is 47.8 Å². The molecule has 2 heterocycles. The summed E-state index contributed by atoms with van der Waals surface area (Å²) in [6, 6.07) is 6.47. The van der Waals surface area contributed by atoms with Crippen LogP contribution in [0.2, 0.25) is 0 Å². The number of halogens is 1. The van der Waals surface area contributed by atoms with E-state index in [-0.39, 0.29) is 11.1 Å². The van der Waals surface area contributed by atoms with Crippen LogP contribution < -0.4 is 0 Å². The van der Waals surface area contributed by atoms with E-state index in [2.05, 4.69) is 10.1 Å². The lowest BCUT2D eigenvalue weighted by Gasteiger charge is -2.11. The van der Waals surface area contributed by atoms with Crippen molar-refractivity contribution in [3.8, 4) is 10.6 Å². The fraction of sp³-hybridized carbons (Fsp3) is 0.250. The molecule has 0 radical (unpaired) electrons. The van der Waals surface area contributed by atoms with E-state index < -0.39 is 10.8 Å². The fourth-order valence-corrected chi connectivity index (χ4v) is 4.32. The highest BCUT2D eigenvalue weighted by molar-refractivity contribution is 7.84. The van der Waals surface area contributed by atoms with Crippen molar-refractivity contribution in [1.82, 2.24) is 14.8 Å². The first kappa shape index (κ1) is 16.0. The summed E-state index contributed by atoms with van der Waals surface area (Å²) in [5.41, 5.74) is 2.18. The molecule has 0 saturated carbocycles. The van der Waals surface area contributed by atoms with Crippen molar-refractivity contribution in [1.29, 1.82) is 0 Å². The van der Waals surface area contributed by atoms with Gasteiger partial charge in [-0.15, -0.1) is 11.3 Å². The SMILES string of the molecule is C[C@H](c1ccccc1F)[S@](=O)Cc1csc(-c2cnn(C)c2)n1. The Hall–Kier alpha value is -1.86. The molecule has 0 saturated heterocycles. The number of nitrogens with zero attached hydrogens (tertiary/aromatic N) is 3. The van der Waals surface area contributed by atoms with Crippen molar-refractivity contribution in [3.63, 3.8) is 0 Å². The van der Waals surface area contributed by atoms with E-state index in [1.54, 1.807) is 36.0 Å². The predicted molar refractivity (Wildman–Crippen MR) is 91.0 cm³/mol. The number of benzene rings is 1. The van der Waals surface area contributed by atoms with E-state index >= 15 is 0 Å². The summed E-state index contributed by atoms with van der Waals surface area (Å²) in [7, 11) is 0.619. The van der Waals surface area contributed by atoms with Gasteiger partial charge in [0.1, 0.15) is 10.8 Å². The average Bonchev–Trinajstić information content (AvgIpc) is 3.16. The van der Waals surface area contributed by atoms with E-state index in [1.807, 2.05) is 18.6 Å². The summed E-state index contributed by atoms with van der Waals surface area (Å²) in [5.74, 6) is -0.00520. The average molecular weight is 349 g/mol. The van der Waals surface area contributed by atoms with Crippen molar-refractivity contribution in [3.05, 3.63) is 59.1 Å². The summed E-state index contributed by atoms with van der Waals surface area (Å²) in [5, 5.41) is 6.49. The summed E-state index contributed by atoms with van der Waals surface area (Å²) >= 11 is 1.50. The number of rotatable bonds is 5. The summed E-state index contributed by atoms with van der Waals surface area (Å²) in [6.07, 6.45) is 3.64. The lowest BCUT2D eigenvalue weighted by atomic mass is 10.1. The van der Waals surface area contributed by atoms with Crippen molar-refractivity contribution in [2.75, 3.05) is 0 Å². The van der Waals surface area contributed by atoms with Gasteiger partial charge in [-0.05, 0) is 13.0 Å². The van der Waals surface area contributed by atoms with Gasteiger partial charge in [-0.3, -0.25) is 8.89 Å². The van der Waals surface area contributed by atoms with Gasteiger partial charge in [0, 0.05) is 40.6 Å². The Morgan fingerprint density at radius 1 is 1.39 bits per heavy atom. The van der Waals surface area contributed by atoms with Crippen molar-refractivity contribution in [2.45, 2.75) is 17.9 Å². The second-order valence-electron chi connectivity index (χ2n) is 5.24. The van der Waals surface area contributed by atoms with Crippen LogP contribution in [0.3, 0.4) is 0 Å². The standard InChI is InChI=1S/C16H16FN3OS2/c1-11(14-5-3-4-6-15(14)17)23(21)10-13-9-22-16(19-13)12-7-18-20(2)8-12/h3-9,11H,10H2,1-2H3/t11-,23-/m1/s1. The Morgan fingerprint density at radius 3 is 2.87 bits per heavy atom. The van der Waals surface area contributed by atoms with Gasteiger partial charge in [0.15, 0.2) is 0 Å². The van der Waals surface area contributed by atoms with Gasteiger partial charge >= 0.3 is 0 Å². The molecule has 0 aliphatic heterocycles. The molecule has 120 valence electrons. The number of aromatic nitrogens is 3. The van der Waals surface area contributed by atoms with Gasteiger partial charge in [0.25, 0.3) is 0 Å². The van der Waals surface area contributed by atoms with Gasteiger partial charge in [0.2, 0.25) is 0 Å². The van der Waals surface area contributed by atoms with E-state index in [1.165, 1.54) is 17.4 Å². The zero-order valence-electron chi connectivity index (χ0n) is 12.8. The van der Waals surface area contributed by atoms with Gasteiger partial charge in [-0.1, -0.05) is 18.2 Å². The molecule has 4 nitrogen and oxygen atoms in total. The quantitative estimate of drug-likeness (QED) is 0.706. The molecule has 0 N–H and O–H groups in total. The first-order valence-electron chi connectivity index (χ1n) is 7.09. The van der Waals surface area contributed by atoms with E-state index in [9.17, 15) is 8.60 Å². The molecule has 23 heavy (non-hydrogen) atoms. The van der Waals surface area contributed by atoms with Crippen LogP contribution in [0.15, 0.2) is 42.0 Å². The molecule has 3 aromatic rings. The molecule has 0 aliphatic carbocycles. The molecule has 0 unspecified atom stereocenters. The van der Waals surface area contributed by atoms with Crippen molar-refractivity contribution in [2.24, 2.45) is 7.05 Å². The maximum atomic E-state index is 13.8. The number of aryl methyl sites for hydroxylation is 1. The van der Waals surface area contributed by atoms with Crippen LogP contribution in [-0.2, 0) is 23.6 Å². The summed E-state index contributed by atoms with van der Waals surface area (Å²) in [4.78, 5) is 4.51. The van der Waals surface area contributed by atoms with Gasteiger partial charge < -0.3 is 0 Å². The summed E-state index contributed by atoms with van der Waals surface area (Å²) < 4.78 is 28.0. The zero-order chi connectivity index (χ0) is 16.4. The maximum absolute atomic E-state index is 13.8.